The molecule has 0 unspecified atom stereocenters. The summed E-state index contributed by atoms with van der Waals surface area (Å²) in [5.74, 6) is 0. The molecule has 11 aromatic carbocycles. The molecule has 0 amide bonds. The number of hydrogen-bond acceptors (Lipinski definition) is 0. The first-order valence-electron chi connectivity index (χ1n) is 19.4. The summed E-state index contributed by atoms with van der Waals surface area (Å²) in [5, 5.41) is 10.4. The molecule has 0 saturated carbocycles. The van der Waals surface area contributed by atoms with Crippen LogP contribution in [0.25, 0.3) is 110 Å². The Balaban J connectivity index is 1.14. The fourth-order valence-corrected chi connectivity index (χ4v) is 8.97. The molecular formula is C56H36. The van der Waals surface area contributed by atoms with Gasteiger partial charge in [-0.3, -0.25) is 0 Å². The van der Waals surface area contributed by atoms with Gasteiger partial charge in [-0.05, 0) is 146 Å². The second-order valence-electron chi connectivity index (χ2n) is 14.8. The molecule has 0 spiro atoms. The van der Waals surface area contributed by atoms with E-state index >= 15 is 0 Å². The Bertz CT molecular complexity index is 2840. The van der Waals surface area contributed by atoms with E-state index in [0.29, 0.717) is 0 Å². The molecule has 0 bridgehead atoms. The lowest BCUT2D eigenvalue weighted by atomic mass is 9.84. The molecule has 0 aliphatic heterocycles. The lowest BCUT2D eigenvalue weighted by Crippen LogP contribution is -1.92. The molecule has 56 heavy (non-hydrogen) atoms. The van der Waals surface area contributed by atoms with Crippen molar-refractivity contribution in [3.63, 3.8) is 0 Å². The second-order valence-corrected chi connectivity index (χ2v) is 14.8. The van der Waals surface area contributed by atoms with Gasteiger partial charge in [0, 0.05) is 0 Å². The Kier molecular flexibility index (Phi) is 7.60. The van der Waals surface area contributed by atoms with Crippen molar-refractivity contribution in [2.75, 3.05) is 0 Å². The summed E-state index contributed by atoms with van der Waals surface area (Å²) in [6.45, 7) is 0. The number of fused-ring (bicyclic) bond motifs is 2. The zero-order valence-electron chi connectivity index (χ0n) is 30.8. The van der Waals surface area contributed by atoms with Crippen molar-refractivity contribution in [3.8, 4) is 66.8 Å². The van der Waals surface area contributed by atoms with Crippen molar-refractivity contribution >= 4 is 43.1 Å². The van der Waals surface area contributed by atoms with Gasteiger partial charge in [0.15, 0.2) is 0 Å². The largest absolute Gasteiger partial charge is 0.0622 e. The molecular weight excluding hydrogens is 673 g/mol. The van der Waals surface area contributed by atoms with E-state index in [-0.39, 0.29) is 0 Å². The van der Waals surface area contributed by atoms with Crippen molar-refractivity contribution in [3.05, 3.63) is 218 Å². The van der Waals surface area contributed by atoms with Crippen LogP contribution in [0.15, 0.2) is 218 Å². The highest BCUT2D eigenvalue weighted by Gasteiger charge is 2.19. The molecule has 0 N–H and O–H groups in total. The van der Waals surface area contributed by atoms with Gasteiger partial charge in [-0.25, -0.2) is 0 Å². The van der Waals surface area contributed by atoms with Crippen molar-refractivity contribution in [1.82, 2.24) is 0 Å². The fraction of sp³-hybridized carbons (Fsp3) is 0. The number of hydrogen-bond donors (Lipinski definition) is 0. The Morgan fingerprint density at radius 2 is 0.429 bits per heavy atom. The van der Waals surface area contributed by atoms with Crippen molar-refractivity contribution in [2.24, 2.45) is 0 Å². The third-order valence-electron chi connectivity index (χ3n) is 11.6. The van der Waals surface area contributed by atoms with E-state index in [2.05, 4.69) is 218 Å². The molecule has 0 aliphatic carbocycles. The molecule has 260 valence electrons. The van der Waals surface area contributed by atoms with Crippen LogP contribution in [0.1, 0.15) is 0 Å². The van der Waals surface area contributed by atoms with Gasteiger partial charge < -0.3 is 0 Å². The lowest BCUT2D eigenvalue weighted by Gasteiger charge is -2.19. The average Bonchev–Trinajstić information content (AvgIpc) is 3.28. The van der Waals surface area contributed by atoms with Crippen LogP contribution < -0.4 is 0 Å². The Morgan fingerprint density at radius 3 is 0.750 bits per heavy atom. The molecule has 0 heterocycles. The average molecular weight is 709 g/mol. The summed E-state index contributed by atoms with van der Waals surface area (Å²) in [7, 11) is 0. The predicted molar refractivity (Wildman–Crippen MR) is 240 cm³/mol. The van der Waals surface area contributed by atoms with Gasteiger partial charge in [0.25, 0.3) is 0 Å². The summed E-state index contributed by atoms with van der Waals surface area (Å²) in [4.78, 5) is 0. The van der Waals surface area contributed by atoms with Crippen molar-refractivity contribution in [2.45, 2.75) is 0 Å². The van der Waals surface area contributed by atoms with Crippen LogP contribution in [0.5, 0.6) is 0 Å². The van der Waals surface area contributed by atoms with E-state index in [1.807, 2.05) is 0 Å². The van der Waals surface area contributed by atoms with Crippen LogP contribution in [-0.2, 0) is 0 Å². The maximum absolute atomic E-state index is 2.37. The van der Waals surface area contributed by atoms with Gasteiger partial charge in [0.05, 0.1) is 0 Å². The maximum Gasteiger partial charge on any atom is -0.00201 e. The van der Waals surface area contributed by atoms with Crippen LogP contribution in [0.4, 0.5) is 0 Å². The van der Waals surface area contributed by atoms with Gasteiger partial charge in [-0.15, -0.1) is 0 Å². The van der Waals surface area contributed by atoms with E-state index in [9.17, 15) is 0 Å². The van der Waals surface area contributed by atoms with E-state index in [1.54, 1.807) is 0 Å². The number of benzene rings is 11. The van der Waals surface area contributed by atoms with Gasteiger partial charge >= 0.3 is 0 Å². The van der Waals surface area contributed by atoms with Gasteiger partial charge in [0.2, 0.25) is 0 Å². The van der Waals surface area contributed by atoms with Crippen LogP contribution in [-0.4, -0.2) is 0 Å². The smallest absolute Gasteiger partial charge is 0.00201 e. The highest BCUT2D eigenvalue weighted by molar-refractivity contribution is 6.35. The highest BCUT2D eigenvalue weighted by Crippen LogP contribution is 2.46. The minimum absolute atomic E-state index is 1.22. The third kappa shape index (κ3) is 5.38. The van der Waals surface area contributed by atoms with Gasteiger partial charge in [0.1, 0.15) is 0 Å². The maximum atomic E-state index is 2.37. The first kappa shape index (κ1) is 32.2. The molecule has 0 nitrogen and oxygen atoms in total. The lowest BCUT2D eigenvalue weighted by molar-refractivity contribution is 1.58. The second kappa shape index (κ2) is 13.2. The molecule has 0 fully saturated rings. The van der Waals surface area contributed by atoms with Crippen LogP contribution in [0.2, 0.25) is 0 Å². The summed E-state index contributed by atoms with van der Waals surface area (Å²) < 4.78 is 0. The Morgan fingerprint density at radius 1 is 0.161 bits per heavy atom. The predicted octanol–water partition coefficient (Wildman–Crippen LogP) is 15.7. The summed E-state index contributed by atoms with van der Waals surface area (Å²) in [6, 6.07) is 80.3. The van der Waals surface area contributed by atoms with Crippen molar-refractivity contribution in [1.29, 1.82) is 0 Å². The first-order valence-corrected chi connectivity index (χ1v) is 19.4. The fourth-order valence-electron chi connectivity index (χ4n) is 8.97. The van der Waals surface area contributed by atoms with Crippen LogP contribution in [0.3, 0.4) is 0 Å². The van der Waals surface area contributed by atoms with Crippen molar-refractivity contribution < 1.29 is 0 Å². The molecule has 0 atom stereocenters. The van der Waals surface area contributed by atoms with E-state index < -0.39 is 0 Å². The molecule has 0 radical (unpaired) electrons. The molecule has 11 rings (SSSR count). The molecule has 0 saturated heterocycles. The Labute approximate surface area is 326 Å². The SMILES string of the molecule is c1ccc(-c2cc(-c3ccccc3)cc(-c3ccc4c5ccc(-c6cc(-c7ccccc7)cc(-c7ccccc7)c6)c6cccc(c7cccc3c74)c65)c2)cc1. The zero-order valence-corrected chi connectivity index (χ0v) is 30.8. The third-order valence-corrected chi connectivity index (χ3v) is 11.6. The van der Waals surface area contributed by atoms with Crippen LogP contribution >= 0.6 is 0 Å². The topological polar surface area (TPSA) is 0 Å². The monoisotopic (exact) mass is 708 g/mol. The summed E-state index contributed by atoms with van der Waals surface area (Å²) in [5.41, 5.74) is 14.7. The summed E-state index contributed by atoms with van der Waals surface area (Å²) in [6.07, 6.45) is 0. The summed E-state index contributed by atoms with van der Waals surface area (Å²) >= 11 is 0. The molecule has 0 aromatic heterocycles. The van der Waals surface area contributed by atoms with E-state index in [0.717, 1.165) is 0 Å². The highest BCUT2D eigenvalue weighted by atomic mass is 14.2. The molecule has 11 aromatic rings. The quantitative estimate of drug-likeness (QED) is 0.119. The first-order chi connectivity index (χ1) is 27.8. The van der Waals surface area contributed by atoms with E-state index in [4.69, 9.17) is 0 Å². The van der Waals surface area contributed by atoms with Crippen LogP contribution in [0, 0.1) is 0 Å². The normalized spacial score (nSPS) is 11.6. The van der Waals surface area contributed by atoms with Gasteiger partial charge in [-0.2, -0.15) is 0 Å². The van der Waals surface area contributed by atoms with E-state index in [1.165, 1.54) is 110 Å². The zero-order chi connectivity index (χ0) is 37.0. The molecule has 0 heteroatoms. The minimum Gasteiger partial charge on any atom is -0.0622 e. The number of rotatable bonds is 6. The minimum atomic E-state index is 1.22. The van der Waals surface area contributed by atoms with Gasteiger partial charge in [-0.1, -0.05) is 182 Å². The standard InChI is InChI=1S/C56H36/c1-5-15-37(16-6-1)41-31-42(38-17-7-2-8-18-38)34-45(33-41)47-27-29-53-54-30-28-48(50-24-14-26-52(56(50)54)51-25-13-23-49(47)55(51)53)46-35-43(39-19-9-3-10-20-39)32-44(36-46)40-21-11-4-12-22-40/h1-36H. The Hall–Kier alpha value is -7.28. The molecule has 0 aliphatic rings.